The zero-order valence-corrected chi connectivity index (χ0v) is 15.1. The fourth-order valence-electron chi connectivity index (χ4n) is 2.76. The van der Waals surface area contributed by atoms with Gasteiger partial charge in [0.05, 0.1) is 18.6 Å². The van der Waals surface area contributed by atoms with Crippen LogP contribution in [-0.4, -0.2) is 16.4 Å². The van der Waals surface area contributed by atoms with Crippen LogP contribution in [0.1, 0.15) is 30.4 Å². The summed E-state index contributed by atoms with van der Waals surface area (Å²) in [6, 6.07) is 12.7. The van der Waals surface area contributed by atoms with Crippen molar-refractivity contribution in [3.8, 4) is 11.5 Å². The number of hydrogen-bond donors (Lipinski definition) is 1. The standard InChI is InChI=1S/C20H22O4S/c1-23-19-13-12-16(11-10-15-6-5-7-15)18(14-21)20(19)24-25(22)17-8-3-2-4-9-17/h2-4,8-10,12-13,21H,5-7,11,14H2,1H3. The van der Waals surface area contributed by atoms with E-state index in [1.165, 1.54) is 19.1 Å². The molecule has 5 heteroatoms. The monoisotopic (exact) mass is 358 g/mol. The molecule has 0 aromatic heterocycles. The van der Waals surface area contributed by atoms with E-state index in [0.29, 0.717) is 22.0 Å². The number of rotatable bonds is 7. The minimum absolute atomic E-state index is 0.197. The molecule has 0 aliphatic heterocycles. The fraction of sp³-hybridized carbons (Fsp3) is 0.300. The SMILES string of the molecule is COc1ccc(CC=C2CCC2)c(CO)c1OS(=O)c1ccccc1. The van der Waals surface area contributed by atoms with E-state index in [4.69, 9.17) is 8.92 Å². The maximum absolute atomic E-state index is 12.5. The number of hydrogen-bond acceptors (Lipinski definition) is 4. The Kier molecular flexibility index (Phi) is 5.89. The number of aliphatic hydroxyl groups is 1. The number of aliphatic hydroxyl groups excluding tert-OH is 1. The molecule has 2 aromatic rings. The van der Waals surface area contributed by atoms with Crippen molar-refractivity contribution in [2.24, 2.45) is 0 Å². The van der Waals surface area contributed by atoms with Gasteiger partial charge in [0.1, 0.15) is 0 Å². The highest BCUT2D eigenvalue weighted by atomic mass is 32.2. The minimum Gasteiger partial charge on any atom is -0.493 e. The van der Waals surface area contributed by atoms with Gasteiger partial charge in [-0.2, -0.15) is 0 Å². The lowest BCUT2D eigenvalue weighted by Gasteiger charge is -2.18. The zero-order valence-electron chi connectivity index (χ0n) is 14.2. The first kappa shape index (κ1) is 17.7. The van der Waals surface area contributed by atoms with Crippen LogP contribution in [0.5, 0.6) is 11.5 Å². The summed E-state index contributed by atoms with van der Waals surface area (Å²) in [7, 11) is 1.53. The second-order valence-electron chi connectivity index (χ2n) is 5.94. The predicted molar refractivity (Wildman–Crippen MR) is 98.0 cm³/mol. The summed E-state index contributed by atoms with van der Waals surface area (Å²) in [5.41, 5.74) is 3.04. The molecule has 4 nitrogen and oxygen atoms in total. The van der Waals surface area contributed by atoms with Gasteiger partial charge in [-0.05, 0) is 49.4 Å². The molecule has 0 saturated heterocycles. The Labute approximate surface area is 150 Å². The van der Waals surface area contributed by atoms with Gasteiger partial charge in [0.25, 0.3) is 0 Å². The summed E-state index contributed by atoms with van der Waals surface area (Å²) < 4.78 is 23.6. The quantitative estimate of drug-likeness (QED) is 0.762. The molecule has 1 fully saturated rings. The van der Waals surface area contributed by atoms with E-state index >= 15 is 0 Å². The smallest absolute Gasteiger partial charge is 0.240 e. The molecule has 0 heterocycles. The average molecular weight is 358 g/mol. The molecule has 1 aliphatic carbocycles. The Bertz CT molecular complexity index is 778. The first-order chi connectivity index (χ1) is 12.2. The minimum atomic E-state index is -1.68. The highest BCUT2D eigenvalue weighted by Gasteiger charge is 2.19. The van der Waals surface area contributed by atoms with Crippen molar-refractivity contribution >= 4 is 11.1 Å². The molecule has 3 rings (SSSR count). The van der Waals surface area contributed by atoms with E-state index in [1.807, 2.05) is 24.3 Å². The van der Waals surface area contributed by atoms with E-state index in [1.54, 1.807) is 18.2 Å². The lowest BCUT2D eigenvalue weighted by molar-refractivity contribution is 0.275. The van der Waals surface area contributed by atoms with Crippen LogP contribution in [0.3, 0.4) is 0 Å². The van der Waals surface area contributed by atoms with Crippen molar-refractivity contribution in [1.82, 2.24) is 0 Å². The molecule has 132 valence electrons. The molecule has 1 aliphatic rings. The van der Waals surface area contributed by atoms with Crippen molar-refractivity contribution in [2.75, 3.05) is 7.11 Å². The molecule has 0 bridgehead atoms. The van der Waals surface area contributed by atoms with Gasteiger partial charge in [-0.15, -0.1) is 0 Å². The highest BCUT2D eigenvalue weighted by Crippen LogP contribution is 2.36. The molecule has 1 atom stereocenters. The summed E-state index contributed by atoms with van der Waals surface area (Å²) in [5, 5.41) is 9.88. The van der Waals surface area contributed by atoms with Crippen LogP contribution in [0.25, 0.3) is 0 Å². The molecular formula is C20H22O4S. The van der Waals surface area contributed by atoms with Crippen LogP contribution >= 0.6 is 0 Å². The molecule has 0 amide bonds. The third kappa shape index (κ3) is 4.11. The van der Waals surface area contributed by atoms with Crippen LogP contribution in [-0.2, 0) is 24.1 Å². The number of allylic oxidation sites excluding steroid dienone is 2. The topological polar surface area (TPSA) is 55.8 Å². The van der Waals surface area contributed by atoms with Gasteiger partial charge in [0.15, 0.2) is 11.5 Å². The molecule has 2 aromatic carbocycles. The maximum Gasteiger partial charge on any atom is 0.240 e. The van der Waals surface area contributed by atoms with Crippen LogP contribution in [0.15, 0.2) is 59.0 Å². The van der Waals surface area contributed by atoms with Crippen LogP contribution in [0.4, 0.5) is 0 Å². The average Bonchev–Trinajstić information content (AvgIpc) is 2.61. The van der Waals surface area contributed by atoms with E-state index in [0.717, 1.165) is 24.8 Å². The second kappa shape index (κ2) is 8.32. The lowest BCUT2D eigenvalue weighted by Crippen LogP contribution is -2.07. The Balaban J connectivity index is 1.90. The third-order valence-electron chi connectivity index (χ3n) is 4.40. The largest absolute Gasteiger partial charge is 0.493 e. The van der Waals surface area contributed by atoms with Crippen molar-refractivity contribution in [3.05, 3.63) is 65.2 Å². The highest BCUT2D eigenvalue weighted by molar-refractivity contribution is 7.80. The number of ether oxygens (including phenoxy) is 1. The first-order valence-corrected chi connectivity index (χ1v) is 9.43. The Morgan fingerprint density at radius 1 is 1.16 bits per heavy atom. The first-order valence-electron chi connectivity index (χ1n) is 8.35. The van der Waals surface area contributed by atoms with Crippen molar-refractivity contribution in [3.63, 3.8) is 0 Å². The Morgan fingerprint density at radius 2 is 1.92 bits per heavy atom. The zero-order chi connectivity index (χ0) is 17.6. The van der Waals surface area contributed by atoms with Crippen molar-refractivity contribution in [1.29, 1.82) is 0 Å². The molecule has 1 N–H and O–H groups in total. The van der Waals surface area contributed by atoms with E-state index < -0.39 is 11.1 Å². The summed E-state index contributed by atoms with van der Waals surface area (Å²) in [6.07, 6.45) is 6.51. The lowest BCUT2D eigenvalue weighted by atomic mass is 9.90. The predicted octanol–water partition coefficient (Wildman–Crippen LogP) is 3.94. The van der Waals surface area contributed by atoms with E-state index in [-0.39, 0.29) is 6.61 Å². The van der Waals surface area contributed by atoms with Gasteiger partial charge < -0.3 is 14.0 Å². The molecule has 25 heavy (non-hydrogen) atoms. The Morgan fingerprint density at radius 3 is 2.52 bits per heavy atom. The van der Waals surface area contributed by atoms with Gasteiger partial charge >= 0.3 is 0 Å². The van der Waals surface area contributed by atoms with Gasteiger partial charge in [-0.1, -0.05) is 35.9 Å². The normalized spacial score (nSPS) is 14.6. The van der Waals surface area contributed by atoms with E-state index in [2.05, 4.69) is 6.08 Å². The summed E-state index contributed by atoms with van der Waals surface area (Å²) >= 11 is -1.68. The van der Waals surface area contributed by atoms with Crippen molar-refractivity contribution in [2.45, 2.75) is 37.2 Å². The molecule has 0 spiro atoms. The maximum atomic E-state index is 12.5. The number of methoxy groups -OCH3 is 1. The molecule has 0 radical (unpaired) electrons. The summed E-state index contributed by atoms with van der Waals surface area (Å²) in [6.45, 7) is -0.197. The van der Waals surface area contributed by atoms with Crippen LogP contribution in [0.2, 0.25) is 0 Å². The second-order valence-corrected chi connectivity index (χ2v) is 7.05. The van der Waals surface area contributed by atoms with E-state index in [9.17, 15) is 9.32 Å². The third-order valence-corrected chi connectivity index (χ3v) is 5.38. The Hall–Kier alpha value is -2.11. The van der Waals surface area contributed by atoms with Gasteiger partial charge in [-0.25, -0.2) is 4.21 Å². The fourth-order valence-corrected chi connectivity index (χ4v) is 3.57. The van der Waals surface area contributed by atoms with Gasteiger partial charge in [0.2, 0.25) is 11.1 Å². The van der Waals surface area contributed by atoms with Crippen LogP contribution in [0, 0.1) is 0 Å². The summed E-state index contributed by atoms with van der Waals surface area (Å²) in [4.78, 5) is 0.565. The summed E-state index contributed by atoms with van der Waals surface area (Å²) in [5.74, 6) is 0.810. The molecular weight excluding hydrogens is 336 g/mol. The van der Waals surface area contributed by atoms with Gasteiger partial charge in [0, 0.05) is 5.56 Å². The van der Waals surface area contributed by atoms with Gasteiger partial charge in [-0.3, -0.25) is 0 Å². The molecule has 1 unspecified atom stereocenters. The van der Waals surface area contributed by atoms with Crippen molar-refractivity contribution < 1.29 is 18.2 Å². The molecule has 1 saturated carbocycles. The number of benzene rings is 2. The van der Waals surface area contributed by atoms with Crippen LogP contribution < -0.4 is 8.92 Å².